The van der Waals surface area contributed by atoms with Crippen LogP contribution in [0, 0.1) is 0 Å². The van der Waals surface area contributed by atoms with E-state index in [1.807, 2.05) is 18.2 Å². The number of hydrogen-bond acceptors (Lipinski definition) is 3. The van der Waals surface area contributed by atoms with E-state index in [1.54, 1.807) is 0 Å². The SMILES string of the molecule is CN1CCN(C2(C(=O)O)CCCc3ccccc32)CC1. The summed E-state index contributed by atoms with van der Waals surface area (Å²) >= 11 is 0. The first kappa shape index (κ1) is 13.6. The highest BCUT2D eigenvalue weighted by molar-refractivity contribution is 5.82. The number of benzene rings is 1. The van der Waals surface area contributed by atoms with Gasteiger partial charge in [0.1, 0.15) is 5.54 Å². The molecule has 1 aromatic carbocycles. The van der Waals surface area contributed by atoms with Crippen LogP contribution in [-0.2, 0) is 16.8 Å². The van der Waals surface area contributed by atoms with Crippen LogP contribution in [0.4, 0.5) is 0 Å². The van der Waals surface area contributed by atoms with Crippen LogP contribution in [0.5, 0.6) is 0 Å². The lowest BCUT2D eigenvalue weighted by atomic mass is 9.75. The summed E-state index contributed by atoms with van der Waals surface area (Å²) in [4.78, 5) is 16.6. The number of hydrogen-bond donors (Lipinski definition) is 1. The summed E-state index contributed by atoms with van der Waals surface area (Å²) in [6.45, 7) is 3.54. The number of likely N-dealkylation sites (N-methyl/N-ethyl adjacent to an activating group) is 1. The van der Waals surface area contributed by atoms with Crippen molar-refractivity contribution in [3.8, 4) is 0 Å². The van der Waals surface area contributed by atoms with E-state index in [4.69, 9.17) is 0 Å². The number of carboxylic acid groups (broad SMARTS) is 1. The van der Waals surface area contributed by atoms with Crippen LogP contribution in [-0.4, -0.2) is 54.1 Å². The van der Waals surface area contributed by atoms with Crippen LogP contribution in [0.1, 0.15) is 24.0 Å². The number of carbonyl (C=O) groups is 1. The van der Waals surface area contributed by atoms with E-state index in [-0.39, 0.29) is 0 Å². The first-order valence-corrected chi connectivity index (χ1v) is 7.40. The van der Waals surface area contributed by atoms with Crippen LogP contribution < -0.4 is 0 Å². The molecular formula is C16H22N2O2. The lowest BCUT2D eigenvalue weighted by Gasteiger charge is -2.47. The standard InChI is InChI=1S/C16H22N2O2/c1-17-9-11-18(12-10-17)16(15(19)20)8-4-6-13-5-2-3-7-14(13)16/h2-3,5,7H,4,6,8-12H2,1H3,(H,19,20). The normalized spacial score (nSPS) is 28.1. The Hall–Kier alpha value is -1.39. The second-order valence-electron chi connectivity index (χ2n) is 5.97. The van der Waals surface area contributed by atoms with Gasteiger partial charge in [-0.2, -0.15) is 0 Å². The highest BCUT2D eigenvalue weighted by Crippen LogP contribution is 2.40. The molecule has 1 heterocycles. The number of piperazine rings is 1. The summed E-state index contributed by atoms with van der Waals surface area (Å²) in [7, 11) is 2.10. The van der Waals surface area contributed by atoms with Crippen LogP contribution in [0.3, 0.4) is 0 Å². The highest BCUT2D eigenvalue weighted by Gasteiger charge is 2.48. The highest BCUT2D eigenvalue weighted by atomic mass is 16.4. The van der Waals surface area contributed by atoms with E-state index in [0.29, 0.717) is 0 Å². The number of carboxylic acids is 1. The Morgan fingerprint density at radius 1 is 1.20 bits per heavy atom. The van der Waals surface area contributed by atoms with Crippen molar-refractivity contribution in [3.63, 3.8) is 0 Å². The summed E-state index contributed by atoms with van der Waals surface area (Å²) < 4.78 is 0. The van der Waals surface area contributed by atoms with Crippen molar-refractivity contribution in [2.45, 2.75) is 24.8 Å². The van der Waals surface area contributed by atoms with E-state index in [9.17, 15) is 9.90 Å². The molecule has 0 bridgehead atoms. The molecule has 20 heavy (non-hydrogen) atoms. The molecule has 0 saturated carbocycles. The maximum atomic E-state index is 12.2. The van der Waals surface area contributed by atoms with Crippen LogP contribution >= 0.6 is 0 Å². The Morgan fingerprint density at radius 2 is 1.90 bits per heavy atom. The molecule has 0 amide bonds. The second kappa shape index (κ2) is 5.19. The quantitative estimate of drug-likeness (QED) is 0.888. The van der Waals surface area contributed by atoms with Gasteiger partial charge in [-0.3, -0.25) is 4.90 Å². The molecule has 1 saturated heterocycles. The zero-order valence-electron chi connectivity index (χ0n) is 12.0. The number of rotatable bonds is 2. The zero-order valence-corrected chi connectivity index (χ0v) is 12.0. The molecule has 1 aliphatic heterocycles. The first-order chi connectivity index (χ1) is 9.64. The van der Waals surface area contributed by atoms with Gasteiger partial charge in [-0.05, 0) is 37.4 Å². The molecule has 3 rings (SSSR count). The van der Waals surface area contributed by atoms with Gasteiger partial charge >= 0.3 is 5.97 Å². The molecule has 0 aromatic heterocycles. The fourth-order valence-corrected chi connectivity index (χ4v) is 3.69. The lowest BCUT2D eigenvalue weighted by Crippen LogP contribution is -2.59. The number of aliphatic carboxylic acids is 1. The summed E-state index contributed by atoms with van der Waals surface area (Å²) in [5.41, 5.74) is 1.42. The predicted molar refractivity (Wildman–Crippen MR) is 77.8 cm³/mol. The van der Waals surface area contributed by atoms with Crippen LogP contribution in [0.15, 0.2) is 24.3 Å². The van der Waals surface area contributed by atoms with Gasteiger partial charge in [0, 0.05) is 26.2 Å². The summed E-state index contributed by atoms with van der Waals surface area (Å²) in [5.74, 6) is -0.686. The van der Waals surface area contributed by atoms with Crippen molar-refractivity contribution in [1.29, 1.82) is 0 Å². The fraction of sp³-hybridized carbons (Fsp3) is 0.562. The lowest BCUT2D eigenvalue weighted by molar-refractivity contribution is -0.155. The van der Waals surface area contributed by atoms with Gasteiger partial charge in [0.05, 0.1) is 0 Å². The molecule has 0 radical (unpaired) electrons. The van der Waals surface area contributed by atoms with Gasteiger partial charge < -0.3 is 10.0 Å². The Balaban J connectivity index is 2.03. The molecule has 1 atom stereocenters. The topological polar surface area (TPSA) is 43.8 Å². The first-order valence-electron chi connectivity index (χ1n) is 7.40. The maximum absolute atomic E-state index is 12.2. The fourth-order valence-electron chi connectivity index (χ4n) is 3.69. The Morgan fingerprint density at radius 3 is 2.60 bits per heavy atom. The molecule has 1 fully saturated rings. The molecule has 4 heteroatoms. The third-order valence-electron chi connectivity index (χ3n) is 4.84. The summed E-state index contributed by atoms with van der Waals surface area (Å²) in [6, 6.07) is 8.09. The number of aryl methyl sites for hydroxylation is 1. The summed E-state index contributed by atoms with van der Waals surface area (Å²) in [6.07, 6.45) is 2.68. The maximum Gasteiger partial charge on any atom is 0.328 e. The minimum atomic E-state index is -0.809. The van der Waals surface area contributed by atoms with E-state index >= 15 is 0 Å². The third kappa shape index (κ3) is 2.03. The molecule has 108 valence electrons. The van der Waals surface area contributed by atoms with Crippen molar-refractivity contribution in [3.05, 3.63) is 35.4 Å². The zero-order chi connectivity index (χ0) is 14.2. The smallest absolute Gasteiger partial charge is 0.328 e. The summed E-state index contributed by atoms with van der Waals surface area (Å²) in [5, 5.41) is 10.00. The van der Waals surface area contributed by atoms with Gasteiger partial charge in [-0.1, -0.05) is 24.3 Å². The predicted octanol–water partition coefficient (Wildman–Crippen LogP) is 1.55. The van der Waals surface area contributed by atoms with Crippen LogP contribution in [0.25, 0.3) is 0 Å². The largest absolute Gasteiger partial charge is 0.480 e. The monoisotopic (exact) mass is 274 g/mol. The molecule has 2 aliphatic rings. The minimum absolute atomic E-state index is 0.686. The van der Waals surface area contributed by atoms with Crippen molar-refractivity contribution in [2.75, 3.05) is 33.2 Å². The van der Waals surface area contributed by atoms with E-state index in [1.165, 1.54) is 5.56 Å². The van der Waals surface area contributed by atoms with Gasteiger partial charge in [-0.25, -0.2) is 4.79 Å². The average Bonchev–Trinajstić information content (AvgIpc) is 2.47. The van der Waals surface area contributed by atoms with Gasteiger partial charge in [-0.15, -0.1) is 0 Å². The van der Waals surface area contributed by atoms with Crippen molar-refractivity contribution in [1.82, 2.24) is 9.80 Å². The van der Waals surface area contributed by atoms with Gasteiger partial charge in [0.2, 0.25) is 0 Å². The van der Waals surface area contributed by atoms with Crippen molar-refractivity contribution < 1.29 is 9.90 Å². The van der Waals surface area contributed by atoms with Crippen molar-refractivity contribution >= 4 is 5.97 Å². The minimum Gasteiger partial charge on any atom is -0.480 e. The molecule has 0 spiro atoms. The van der Waals surface area contributed by atoms with Gasteiger partial charge in [0.25, 0.3) is 0 Å². The Kier molecular flexibility index (Phi) is 3.52. The molecule has 4 nitrogen and oxygen atoms in total. The van der Waals surface area contributed by atoms with E-state index < -0.39 is 11.5 Å². The van der Waals surface area contributed by atoms with Crippen molar-refractivity contribution in [2.24, 2.45) is 0 Å². The molecule has 1 aliphatic carbocycles. The Bertz CT molecular complexity index is 509. The number of fused-ring (bicyclic) bond motifs is 1. The molecule has 1 unspecified atom stereocenters. The third-order valence-corrected chi connectivity index (χ3v) is 4.84. The molecule has 1 N–H and O–H groups in total. The molecule has 1 aromatic rings. The van der Waals surface area contributed by atoms with E-state index in [0.717, 1.165) is 51.0 Å². The van der Waals surface area contributed by atoms with Gasteiger partial charge in [0.15, 0.2) is 0 Å². The Labute approximate surface area is 120 Å². The van der Waals surface area contributed by atoms with Crippen LogP contribution in [0.2, 0.25) is 0 Å². The number of nitrogens with zero attached hydrogens (tertiary/aromatic N) is 2. The van der Waals surface area contributed by atoms with E-state index in [2.05, 4.69) is 22.9 Å². The molecular weight excluding hydrogens is 252 g/mol. The average molecular weight is 274 g/mol. The second-order valence-corrected chi connectivity index (χ2v) is 5.97.